The highest BCUT2D eigenvalue weighted by molar-refractivity contribution is 6.31. The van der Waals surface area contributed by atoms with Gasteiger partial charge in [-0.3, -0.25) is 4.68 Å². The van der Waals surface area contributed by atoms with Crippen LogP contribution in [-0.4, -0.2) is 22.4 Å². The number of esters is 1. The number of aryl methyl sites for hydroxylation is 1. The predicted octanol–water partition coefficient (Wildman–Crippen LogP) is 2.58. The fourth-order valence-electron chi connectivity index (χ4n) is 1.72. The largest absolute Gasteiger partial charge is 0.462 e. The summed E-state index contributed by atoms with van der Waals surface area (Å²) < 4.78 is 6.53. The summed E-state index contributed by atoms with van der Waals surface area (Å²) in [4.78, 5) is 11.8. The number of halogens is 1. The summed E-state index contributed by atoms with van der Waals surface area (Å²) in [5, 5.41) is 7.67. The van der Waals surface area contributed by atoms with Gasteiger partial charge < -0.3 is 15.8 Å². The highest BCUT2D eigenvalue weighted by atomic mass is 35.5. The normalized spacial score (nSPS) is 10.3. The van der Waals surface area contributed by atoms with Crippen molar-refractivity contribution in [3.05, 3.63) is 35.0 Å². The van der Waals surface area contributed by atoms with Crippen LogP contribution in [0.15, 0.2) is 24.4 Å². The Hall–Kier alpha value is -2.21. The molecule has 6 nitrogen and oxygen atoms in total. The van der Waals surface area contributed by atoms with Gasteiger partial charge in [-0.15, -0.1) is 0 Å². The Morgan fingerprint density at radius 2 is 2.30 bits per heavy atom. The molecule has 0 amide bonds. The van der Waals surface area contributed by atoms with E-state index < -0.39 is 5.97 Å². The number of anilines is 3. The second-order valence-corrected chi connectivity index (χ2v) is 4.54. The van der Waals surface area contributed by atoms with E-state index in [0.717, 1.165) is 0 Å². The van der Waals surface area contributed by atoms with Gasteiger partial charge in [-0.05, 0) is 25.1 Å². The maximum atomic E-state index is 11.8. The van der Waals surface area contributed by atoms with Gasteiger partial charge in [0.2, 0.25) is 0 Å². The molecule has 0 atom stereocenters. The minimum atomic E-state index is -0.435. The lowest BCUT2D eigenvalue weighted by molar-refractivity contribution is 0.0527. The van der Waals surface area contributed by atoms with Crippen molar-refractivity contribution in [1.82, 2.24) is 9.78 Å². The van der Waals surface area contributed by atoms with Crippen LogP contribution in [0.2, 0.25) is 5.02 Å². The molecule has 1 heterocycles. The molecule has 3 N–H and O–H groups in total. The molecule has 0 aliphatic rings. The molecule has 0 saturated carbocycles. The first-order chi connectivity index (χ1) is 9.52. The van der Waals surface area contributed by atoms with E-state index in [1.807, 2.05) is 0 Å². The minimum absolute atomic E-state index is 0.302. The number of nitrogens with zero attached hydrogens (tertiary/aromatic N) is 2. The summed E-state index contributed by atoms with van der Waals surface area (Å²) >= 11 is 5.85. The zero-order valence-electron chi connectivity index (χ0n) is 11.2. The number of nitrogen functional groups attached to an aromatic ring is 1. The summed E-state index contributed by atoms with van der Waals surface area (Å²) in [5.74, 6) is 0.0770. The van der Waals surface area contributed by atoms with Crippen molar-refractivity contribution in [3.8, 4) is 0 Å². The number of hydrogen-bond acceptors (Lipinski definition) is 5. The summed E-state index contributed by atoms with van der Waals surface area (Å²) in [5.41, 5.74) is 7.35. The van der Waals surface area contributed by atoms with Crippen LogP contribution in [0.4, 0.5) is 17.2 Å². The Balaban J connectivity index is 2.33. The highest BCUT2D eigenvalue weighted by Gasteiger charge is 2.18. The van der Waals surface area contributed by atoms with E-state index in [0.29, 0.717) is 34.4 Å². The number of rotatable bonds is 4. The van der Waals surface area contributed by atoms with Gasteiger partial charge in [-0.1, -0.05) is 11.6 Å². The molecular formula is C13H15ClN4O2. The van der Waals surface area contributed by atoms with Crippen molar-refractivity contribution in [2.24, 2.45) is 7.05 Å². The lowest BCUT2D eigenvalue weighted by atomic mass is 10.2. The quantitative estimate of drug-likeness (QED) is 0.669. The summed E-state index contributed by atoms with van der Waals surface area (Å²) in [6.07, 6.45) is 1.45. The van der Waals surface area contributed by atoms with Gasteiger partial charge in [-0.25, -0.2) is 4.79 Å². The molecule has 1 aromatic heterocycles. The van der Waals surface area contributed by atoms with Crippen LogP contribution in [0.1, 0.15) is 17.3 Å². The van der Waals surface area contributed by atoms with Crippen LogP contribution >= 0.6 is 11.6 Å². The molecule has 0 aliphatic heterocycles. The number of carbonyl (C=O) groups excluding carboxylic acids is 1. The third kappa shape index (κ3) is 2.85. The summed E-state index contributed by atoms with van der Waals surface area (Å²) in [6.45, 7) is 2.05. The number of nitrogens with two attached hydrogens (primary N) is 1. The van der Waals surface area contributed by atoms with Crippen molar-refractivity contribution in [3.63, 3.8) is 0 Å². The van der Waals surface area contributed by atoms with Gasteiger partial charge in [0.05, 0.1) is 24.2 Å². The first kappa shape index (κ1) is 14.2. The molecule has 1 aromatic carbocycles. The van der Waals surface area contributed by atoms with E-state index in [1.54, 1.807) is 36.9 Å². The number of ether oxygens (including phenoxy) is 1. The van der Waals surface area contributed by atoms with Crippen LogP contribution in [0.25, 0.3) is 0 Å². The molecule has 0 saturated heterocycles. The van der Waals surface area contributed by atoms with Crippen molar-refractivity contribution < 1.29 is 9.53 Å². The van der Waals surface area contributed by atoms with E-state index in [2.05, 4.69) is 10.4 Å². The Kier molecular flexibility index (Phi) is 4.14. The highest BCUT2D eigenvalue weighted by Crippen LogP contribution is 2.27. The molecule has 0 fully saturated rings. The minimum Gasteiger partial charge on any atom is -0.462 e. The van der Waals surface area contributed by atoms with Crippen molar-refractivity contribution >= 4 is 34.8 Å². The lowest BCUT2D eigenvalue weighted by Gasteiger charge is -2.11. The molecule has 2 rings (SSSR count). The van der Waals surface area contributed by atoms with Crippen molar-refractivity contribution in [2.45, 2.75) is 6.92 Å². The van der Waals surface area contributed by atoms with Crippen LogP contribution in [0, 0.1) is 0 Å². The second kappa shape index (κ2) is 5.83. The van der Waals surface area contributed by atoms with Gasteiger partial charge in [-0.2, -0.15) is 5.10 Å². The Morgan fingerprint density at radius 3 is 2.95 bits per heavy atom. The molecular weight excluding hydrogens is 280 g/mol. The molecule has 0 unspecified atom stereocenters. The van der Waals surface area contributed by atoms with E-state index >= 15 is 0 Å². The third-order valence-corrected chi connectivity index (χ3v) is 2.94. The molecule has 106 valence electrons. The smallest absolute Gasteiger partial charge is 0.343 e. The Labute approximate surface area is 121 Å². The van der Waals surface area contributed by atoms with E-state index in [4.69, 9.17) is 22.1 Å². The Bertz CT molecular complexity index is 639. The molecule has 0 bridgehead atoms. The Morgan fingerprint density at radius 1 is 1.55 bits per heavy atom. The second-order valence-electron chi connectivity index (χ2n) is 4.11. The molecule has 0 radical (unpaired) electrons. The van der Waals surface area contributed by atoms with Gasteiger partial charge in [0, 0.05) is 12.1 Å². The van der Waals surface area contributed by atoms with Gasteiger partial charge in [0.15, 0.2) is 0 Å². The van der Waals surface area contributed by atoms with Crippen LogP contribution in [-0.2, 0) is 11.8 Å². The predicted molar refractivity (Wildman–Crippen MR) is 78.3 cm³/mol. The number of aromatic nitrogens is 2. The number of hydrogen-bond donors (Lipinski definition) is 2. The van der Waals surface area contributed by atoms with Gasteiger partial charge >= 0.3 is 5.97 Å². The van der Waals surface area contributed by atoms with E-state index in [-0.39, 0.29) is 0 Å². The lowest BCUT2D eigenvalue weighted by Crippen LogP contribution is -2.09. The number of nitrogens with one attached hydrogen (secondary N) is 1. The van der Waals surface area contributed by atoms with Crippen LogP contribution in [0.3, 0.4) is 0 Å². The summed E-state index contributed by atoms with van der Waals surface area (Å²) in [6, 6.07) is 5.07. The van der Waals surface area contributed by atoms with Crippen molar-refractivity contribution in [1.29, 1.82) is 0 Å². The van der Waals surface area contributed by atoms with Crippen LogP contribution < -0.4 is 11.1 Å². The standard InChI is InChI=1S/C13H15ClN4O2/c1-3-20-13(19)9-7-16-18(2)12(9)17-11-5-4-8(14)6-10(11)15/h4-7,17H,3,15H2,1-2H3. The third-order valence-electron chi connectivity index (χ3n) is 2.70. The fourth-order valence-corrected chi connectivity index (χ4v) is 1.90. The van der Waals surface area contributed by atoms with E-state index in [1.165, 1.54) is 6.20 Å². The molecule has 7 heteroatoms. The first-order valence-electron chi connectivity index (χ1n) is 6.04. The molecule has 0 spiro atoms. The molecule has 0 aliphatic carbocycles. The zero-order valence-corrected chi connectivity index (χ0v) is 11.9. The maximum Gasteiger partial charge on any atom is 0.343 e. The van der Waals surface area contributed by atoms with Gasteiger partial charge in [0.1, 0.15) is 11.4 Å². The SMILES string of the molecule is CCOC(=O)c1cnn(C)c1Nc1ccc(Cl)cc1N. The number of benzene rings is 1. The fraction of sp³-hybridized carbons (Fsp3) is 0.231. The molecule has 2 aromatic rings. The molecule has 20 heavy (non-hydrogen) atoms. The van der Waals surface area contributed by atoms with Gasteiger partial charge in [0.25, 0.3) is 0 Å². The van der Waals surface area contributed by atoms with Crippen LogP contribution in [0.5, 0.6) is 0 Å². The van der Waals surface area contributed by atoms with Crippen molar-refractivity contribution in [2.75, 3.05) is 17.7 Å². The zero-order chi connectivity index (χ0) is 14.7. The average Bonchev–Trinajstić information content (AvgIpc) is 2.75. The first-order valence-corrected chi connectivity index (χ1v) is 6.42. The average molecular weight is 295 g/mol. The van der Waals surface area contributed by atoms with E-state index in [9.17, 15) is 4.79 Å². The number of carbonyl (C=O) groups is 1. The maximum absolute atomic E-state index is 11.8. The monoisotopic (exact) mass is 294 g/mol. The topological polar surface area (TPSA) is 82.2 Å². The summed E-state index contributed by atoms with van der Waals surface area (Å²) in [7, 11) is 1.72.